The molecule has 2 unspecified atom stereocenters. The smallest absolute Gasteiger partial charge is 0.0383 e. The molecule has 2 atom stereocenters. The molecule has 1 aromatic rings. The Morgan fingerprint density at radius 3 is 2.69 bits per heavy atom. The molecule has 0 bridgehead atoms. The van der Waals surface area contributed by atoms with Crippen molar-refractivity contribution in [1.29, 1.82) is 0 Å². The van der Waals surface area contributed by atoms with Gasteiger partial charge in [0.1, 0.15) is 0 Å². The number of hydrogen-bond donors (Lipinski definition) is 1. The quantitative estimate of drug-likeness (QED) is 0.853. The van der Waals surface area contributed by atoms with Crippen LogP contribution in [0.1, 0.15) is 23.6 Å². The van der Waals surface area contributed by atoms with E-state index in [1.54, 1.807) is 6.26 Å². The summed E-state index contributed by atoms with van der Waals surface area (Å²) in [5.41, 5.74) is 3.92. The molecule has 0 saturated carbocycles. The molecule has 0 aliphatic heterocycles. The van der Waals surface area contributed by atoms with Crippen molar-refractivity contribution < 1.29 is 4.21 Å². The first-order chi connectivity index (χ1) is 7.49. The van der Waals surface area contributed by atoms with Gasteiger partial charge in [0.15, 0.2) is 0 Å². The summed E-state index contributed by atoms with van der Waals surface area (Å²) < 4.78 is 11.1. The fourth-order valence-corrected chi connectivity index (χ4v) is 2.51. The van der Waals surface area contributed by atoms with Gasteiger partial charge < -0.3 is 5.32 Å². The molecule has 90 valence electrons. The lowest BCUT2D eigenvalue weighted by molar-refractivity contribution is 0.586. The number of hydrogen-bond acceptors (Lipinski definition) is 2. The van der Waals surface area contributed by atoms with Crippen LogP contribution in [-0.2, 0) is 17.3 Å². The highest BCUT2D eigenvalue weighted by molar-refractivity contribution is 7.84. The predicted molar refractivity (Wildman–Crippen MR) is 71.2 cm³/mol. The Bertz CT molecular complexity index is 376. The SMILES string of the molecule is Cc1ccc(C)c(CNC(C)CS(C)=O)c1. The van der Waals surface area contributed by atoms with Crippen molar-refractivity contribution in [3.05, 3.63) is 34.9 Å². The topological polar surface area (TPSA) is 29.1 Å². The second-order valence-corrected chi connectivity index (χ2v) is 5.93. The van der Waals surface area contributed by atoms with Crippen molar-refractivity contribution in [3.8, 4) is 0 Å². The molecule has 0 heterocycles. The van der Waals surface area contributed by atoms with Gasteiger partial charge in [-0.3, -0.25) is 4.21 Å². The van der Waals surface area contributed by atoms with E-state index in [2.05, 4.69) is 44.3 Å². The molecule has 1 rings (SSSR count). The van der Waals surface area contributed by atoms with Crippen LogP contribution in [-0.4, -0.2) is 22.3 Å². The monoisotopic (exact) mass is 239 g/mol. The van der Waals surface area contributed by atoms with Gasteiger partial charge in [0, 0.05) is 35.4 Å². The van der Waals surface area contributed by atoms with Crippen molar-refractivity contribution in [2.45, 2.75) is 33.4 Å². The van der Waals surface area contributed by atoms with Crippen molar-refractivity contribution in [2.75, 3.05) is 12.0 Å². The molecule has 1 N–H and O–H groups in total. The molecule has 0 spiro atoms. The molecule has 1 aromatic carbocycles. The zero-order valence-electron chi connectivity index (χ0n) is 10.5. The maximum Gasteiger partial charge on any atom is 0.0383 e. The maximum atomic E-state index is 11.1. The van der Waals surface area contributed by atoms with E-state index in [-0.39, 0.29) is 0 Å². The van der Waals surface area contributed by atoms with E-state index in [1.165, 1.54) is 16.7 Å². The summed E-state index contributed by atoms with van der Waals surface area (Å²) >= 11 is 0. The predicted octanol–water partition coefficient (Wildman–Crippen LogP) is 2.16. The zero-order chi connectivity index (χ0) is 12.1. The summed E-state index contributed by atoms with van der Waals surface area (Å²) in [4.78, 5) is 0. The first-order valence-corrected chi connectivity index (χ1v) is 7.31. The molecule has 3 heteroatoms. The van der Waals surface area contributed by atoms with E-state index < -0.39 is 10.8 Å². The van der Waals surface area contributed by atoms with Gasteiger partial charge in [0.25, 0.3) is 0 Å². The fraction of sp³-hybridized carbons (Fsp3) is 0.538. The van der Waals surface area contributed by atoms with E-state index in [1.807, 2.05) is 0 Å². The number of benzene rings is 1. The number of nitrogens with one attached hydrogen (secondary N) is 1. The molecular formula is C13H21NOS. The lowest BCUT2D eigenvalue weighted by Gasteiger charge is -2.14. The number of rotatable bonds is 5. The fourth-order valence-electron chi connectivity index (χ4n) is 1.69. The Labute approximate surface area is 101 Å². The van der Waals surface area contributed by atoms with Crippen molar-refractivity contribution in [3.63, 3.8) is 0 Å². The van der Waals surface area contributed by atoms with Crippen LogP contribution in [0, 0.1) is 13.8 Å². The Morgan fingerprint density at radius 2 is 2.06 bits per heavy atom. The largest absolute Gasteiger partial charge is 0.309 e. The second kappa shape index (κ2) is 6.16. The minimum Gasteiger partial charge on any atom is -0.309 e. The number of aryl methyl sites for hydroxylation is 2. The average Bonchev–Trinajstić information content (AvgIpc) is 2.18. The third-order valence-corrected chi connectivity index (χ3v) is 3.60. The van der Waals surface area contributed by atoms with Crippen molar-refractivity contribution in [2.24, 2.45) is 0 Å². The molecule has 0 fully saturated rings. The van der Waals surface area contributed by atoms with E-state index in [0.717, 1.165) is 6.54 Å². The lowest BCUT2D eigenvalue weighted by atomic mass is 10.1. The molecule has 0 amide bonds. The molecule has 0 aliphatic rings. The maximum absolute atomic E-state index is 11.1. The second-order valence-electron chi connectivity index (χ2n) is 4.45. The molecule has 0 aliphatic carbocycles. The van der Waals surface area contributed by atoms with Crippen LogP contribution in [0.4, 0.5) is 0 Å². The molecule has 2 nitrogen and oxygen atoms in total. The van der Waals surface area contributed by atoms with E-state index in [9.17, 15) is 4.21 Å². The van der Waals surface area contributed by atoms with Crippen LogP contribution in [0.2, 0.25) is 0 Å². The highest BCUT2D eigenvalue weighted by Crippen LogP contribution is 2.10. The van der Waals surface area contributed by atoms with Gasteiger partial charge >= 0.3 is 0 Å². The van der Waals surface area contributed by atoms with Gasteiger partial charge in [0.05, 0.1) is 0 Å². The summed E-state index contributed by atoms with van der Waals surface area (Å²) in [6.45, 7) is 7.16. The summed E-state index contributed by atoms with van der Waals surface area (Å²) in [6.07, 6.45) is 1.75. The van der Waals surface area contributed by atoms with E-state index in [0.29, 0.717) is 11.8 Å². The van der Waals surface area contributed by atoms with Crippen LogP contribution in [0.5, 0.6) is 0 Å². The lowest BCUT2D eigenvalue weighted by Crippen LogP contribution is -2.30. The molecule has 0 saturated heterocycles. The van der Waals surface area contributed by atoms with E-state index in [4.69, 9.17) is 0 Å². The van der Waals surface area contributed by atoms with Crippen molar-refractivity contribution in [1.82, 2.24) is 5.32 Å². The first-order valence-electron chi connectivity index (χ1n) is 5.58. The minimum atomic E-state index is -0.726. The first kappa shape index (κ1) is 13.4. The standard InChI is InChI=1S/C13H21NOS/c1-10-5-6-11(2)13(7-10)8-14-12(3)9-16(4)15/h5-7,12,14H,8-9H2,1-4H3. The third kappa shape index (κ3) is 4.45. The zero-order valence-corrected chi connectivity index (χ0v) is 11.4. The Morgan fingerprint density at radius 1 is 1.38 bits per heavy atom. The van der Waals surface area contributed by atoms with Gasteiger partial charge in [0.2, 0.25) is 0 Å². The van der Waals surface area contributed by atoms with Crippen molar-refractivity contribution >= 4 is 10.8 Å². The van der Waals surface area contributed by atoms with Gasteiger partial charge in [-0.2, -0.15) is 0 Å². The Hall–Kier alpha value is -0.670. The van der Waals surface area contributed by atoms with Crippen LogP contribution in [0.3, 0.4) is 0 Å². The minimum absolute atomic E-state index is 0.297. The van der Waals surface area contributed by atoms with Gasteiger partial charge in [-0.25, -0.2) is 0 Å². The summed E-state index contributed by atoms with van der Waals surface area (Å²) in [6, 6.07) is 6.78. The third-order valence-electron chi connectivity index (χ3n) is 2.63. The summed E-state index contributed by atoms with van der Waals surface area (Å²) in [7, 11) is -0.726. The average molecular weight is 239 g/mol. The highest BCUT2D eigenvalue weighted by Gasteiger charge is 2.05. The normalized spacial score (nSPS) is 14.8. The Balaban J connectivity index is 2.54. The van der Waals surface area contributed by atoms with Crippen LogP contribution < -0.4 is 5.32 Å². The van der Waals surface area contributed by atoms with Crippen LogP contribution in [0.25, 0.3) is 0 Å². The Kier molecular flexibility index (Phi) is 5.16. The summed E-state index contributed by atoms with van der Waals surface area (Å²) in [5.74, 6) is 0.713. The molecule has 16 heavy (non-hydrogen) atoms. The van der Waals surface area contributed by atoms with Gasteiger partial charge in [-0.15, -0.1) is 0 Å². The van der Waals surface area contributed by atoms with Crippen LogP contribution in [0.15, 0.2) is 18.2 Å². The molecule has 0 radical (unpaired) electrons. The molecule has 0 aromatic heterocycles. The summed E-state index contributed by atoms with van der Waals surface area (Å²) in [5, 5.41) is 3.41. The van der Waals surface area contributed by atoms with Crippen LogP contribution >= 0.6 is 0 Å². The van der Waals surface area contributed by atoms with Gasteiger partial charge in [-0.1, -0.05) is 23.8 Å². The van der Waals surface area contributed by atoms with E-state index >= 15 is 0 Å². The van der Waals surface area contributed by atoms with Gasteiger partial charge in [-0.05, 0) is 31.9 Å². The highest BCUT2D eigenvalue weighted by atomic mass is 32.2. The molecular weight excluding hydrogens is 218 g/mol.